The molecule has 2 amide bonds. The molecule has 1 rings (SSSR count). The standard InChI is InChI=1S/C12H21N3O4S2/c1-12(2)6-14-9(16)7(13)4-20-21-5-8(10(17)19-3)15-11(12)18/h7-8H,4-6,13H2,1-3H3,(H,14,16)(H,15,18). The van der Waals surface area contributed by atoms with Crippen LogP contribution < -0.4 is 16.4 Å². The highest BCUT2D eigenvalue weighted by Crippen LogP contribution is 2.24. The molecule has 4 N–H and O–H groups in total. The Balaban J connectivity index is 2.85. The van der Waals surface area contributed by atoms with Gasteiger partial charge < -0.3 is 21.1 Å². The Kier molecular flexibility index (Phi) is 6.82. The maximum atomic E-state index is 12.3. The third-order valence-electron chi connectivity index (χ3n) is 3.01. The van der Waals surface area contributed by atoms with Crippen molar-refractivity contribution in [1.82, 2.24) is 10.6 Å². The van der Waals surface area contributed by atoms with Crippen molar-refractivity contribution in [2.75, 3.05) is 25.2 Å². The summed E-state index contributed by atoms with van der Waals surface area (Å²) in [6.07, 6.45) is 0. The lowest BCUT2D eigenvalue weighted by molar-refractivity contribution is -0.145. The number of esters is 1. The molecular formula is C12H21N3O4S2. The lowest BCUT2D eigenvalue weighted by Crippen LogP contribution is -2.53. The number of carbonyl (C=O) groups excluding carboxylic acids is 3. The Bertz CT molecular complexity index is 417. The van der Waals surface area contributed by atoms with Gasteiger partial charge in [0.15, 0.2) is 0 Å². The minimum absolute atomic E-state index is 0.150. The summed E-state index contributed by atoms with van der Waals surface area (Å²) in [6, 6.07) is -1.36. The van der Waals surface area contributed by atoms with Gasteiger partial charge in [-0.05, 0) is 13.8 Å². The van der Waals surface area contributed by atoms with Crippen LogP contribution in [0.1, 0.15) is 13.8 Å². The maximum absolute atomic E-state index is 12.3. The molecule has 1 saturated heterocycles. The molecule has 21 heavy (non-hydrogen) atoms. The van der Waals surface area contributed by atoms with Crippen molar-refractivity contribution >= 4 is 39.4 Å². The molecule has 1 fully saturated rings. The van der Waals surface area contributed by atoms with Gasteiger partial charge in [-0.25, -0.2) is 4.79 Å². The Morgan fingerprint density at radius 2 is 1.95 bits per heavy atom. The molecule has 0 radical (unpaired) electrons. The monoisotopic (exact) mass is 335 g/mol. The van der Waals surface area contributed by atoms with Crippen LogP contribution in [0.15, 0.2) is 0 Å². The van der Waals surface area contributed by atoms with Gasteiger partial charge in [0.05, 0.1) is 18.6 Å². The highest BCUT2D eigenvalue weighted by atomic mass is 33.1. The second-order valence-corrected chi connectivity index (χ2v) is 7.88. The molecule has 0 bridgehead atoms. The molecule has 0 aromatic rings. The van der Waals surface area contributed by atoms with Crippen LogP contribution in [0.5, 0.6) is 0 Å². The predicted octanol–water partition coefficient (Wildman–Crippen LogP) is -0.491. The highest BCUT2D eigenvalue weighted by Gasteiger charge is 2.33. The molecule has 120 valence electrons. The summed E-state index contributed by atoms with van der Waals surface area (Å²) < 4.78 is 4.70. The second kappa shape index (κ2) is 7.90. The summed E-state index contributed by atoms with van der Waals surface area (Å²) in [7, 11) is 4.03. The number of nitrogens with two attached hydrogens (primary N) is 1. The van der Waals surface area contributed by atoms with Crippen molar-refractivity contribution in [1.29, 1.82) is 0 Å². The molecule has 1 aliphatic rings. The maximum Gasteiger partial charge on any atom is 0.329 e. The molecule has 9 heteroatoms. The van der Waals surface area contributed by atoms with Gasteiger partial charge in [0.1, 0.15) is 6.04 Å². The van der Waals surface area contributed by atoms with Gasteiger partial charge >= 0.3 is 5.97 Å². The molecule has 1 heterocycles. The molecule has 0 aliphatic carbocycles. The van der Waals surface area contributed by atoms with E-state index in [1.165, 1.54) is 28.7 Å². The summed E-state index contributed by atoms with van der Waals surface area (Å²) >= 11 is 0. The molecule has 2 atom stereocenters. The number of hydrogen-bond acceptors (Lipinski definition) is 7. The first-order chi connectivity index (χ1) is 9.77. The van der Waals surface area contributed by atoms with Crippen molar-refractivity contribution in [3.63, 3.8) is 0 Å². The lowest BCUT2D eigenvalue weighted by Gasteiger charge is -2.27. The van der Waals surface area contributed by atoms with E-state index in [9.17, 15) is 14.4 Å². The number of methoxy groups -OCH3 is 1. The number of carbonyl (C=O) groups is 3. The van der Waals surface area contributed by atoms with Crippen molar-refractivity contribution in [3.8, 4) is 0 Å². The quantitative estimate of drug-likeness (QED) is 0.438. The average molecular weight is 335 g/mol. The van der Waals surface area contributed by atoms with E-state index >= 15 is 0 Å². The summed E-state index contributed by atoms with van der Waals surface area (Å²) in [5, 5.41) is 5.34. The fraction of sp³-hybridized carbons (Fsp3) is 0.750. The van der Waals surface area contributed by atoms with Gasteiger partial charge in [0.2, 0.25) is 11.8 Å². The Labute approximate surface area is 131 Å². The van der Waals surface area contributed by atoms with Crippen LogP contribution in [-0.4, -0.2) is 55.0 Å². The molecule has 1 aliphatic heterocycles. The van der Waals surface area contributed by atoms with Crippen LogP contribution in [0.25, 0.3) is 0 Å². The van der Waals surface area contributed by atoms with E-state index in [2.05, 4.69) is 10.6 Å². The van der Waals surface area contributed by atoms with Crippen molar-refractivity contribution < 1.29 is 19.1 Å². The van der Waals surface area contributed by atoms with E-state index in [4.69, 9.17) is 10.5 Å². The summed E-state index contributed by atoms with van der Waals surface area (Å²) in [6.45, 7) is 3.53. The minimum Gasteiger partial charge on any atom is -0.467 e. The van der Waals surface area contributed by atoms with E-state index in [1.54, 1.807) is 13.8 Å². The SMILES string of the molecule is COC(=O)C1CSSCC(N)C(=O)NCC(C)(C)C(=O)N1. The van der Waals surface area contributed by atoms with Gasteiger partial charge in [0, 0.05) is 18.1 Å². The molecular weight excluding hydrogens is 314 g/mol. The van der Waals surface area contributed by atoms with Gasteiger partial charge in [-0.3, -0.25) is 9.59 Å². The zero-order valence-electron chi connectivity index (χ0n) is 12.3. The predicted molar refractivity (Wildman–Crippen MR) is 83.6 cm³/mol. The zero-order chi connectivity index (χ0) is 16.0. The number of hydrogen-bond donors (Lipinski definition) is 3. The molecule has 0 aromatic carbocycles. The smallest absolute Gasteiger partial charge is 0.329 e. The third kappa shape index (κ3) is 5.40. The lowest BCUT2D eigenvalue weighted by atomic mass is 9.91. The Morgan fingerprint density at radius 3 is 2.57 bits per heavy atom. The van der Waals surface area contributed by atoms with Crippen LogP contribution in [-0.2, 0) is 19.1 Å². The van der Waals surface area contributed by atoms with Crippen molar-refractivity contribution in [2.45, 2.75) is 25.9 Å². The largest absolute Gasteiger partial charge is 0.467 e. The van der Waals surface area contributed by atoms with Gasteiger partial charge in [-0.15, -0.1) is 0 Å². The fourth-order valence-electron chi connectivity index (χ4n) is 1.50. The minimum atomic E-state index is -0.849. The molecule has 0 saturated carbocycles. The second-order valence-electron chi connectivity index (χ2n) is 5.33. The molecule has 0 aromatic heterocycles. The average Bonchev–Trinajstić information content (AvgIpc) is 2.45. The van der Waals surface area contributed by atoms with Crippen LogP contribution >= 0.6 is 21.6 Å². The molecule has 2 unspecified atom stereocenters. The molecule has 0 spiro atoms. The molecule has 7 nitrogen and oxygen atoms in total. The summed E-state index contributed by atoms with van der Waals surface area (Å²) in [5.74, 6) is -0.309. The number of ether oxygens (including phenoxy) is 1. The van der Waals surface area contributed by atoms with Crippen molar-refractivity contribution in [3.05, 3.63) is 0 Å². The van der Waals surface area contributed by atoms with Gasteiger partial charge in [0.25, 0.3) is 0 Å². The van der Waals surface area contributed by atoms with Crippen LogP contribution in [0.2, 0.25) is 0 Å². The van der Waals surface area contributed by atoms with E-state index in [0.29, 0.717) is 11.5 Å². The first-order valence-electron chi connectivity index (χ1n) is 6.44. The zero-order valence-corrected chi connectivity index (χ0v) is 13.9. The van der Waals surface area contributed by atoms with E-state index in [0.717, 1.165) is 0 Å². The van der Waals surface area contributed by atoms with E-state index in [1.807, 2.05) is 0 Å². The highest BCUT2D eigenvalue weighted by molar-refractivity contribution is 8.76. The summed E-state index contributed by atoms with van der Waals surface area (Å²) in [5.41, 5.74) is 4.92. The number of nitrogens with one attached hydrogen (secondary N) is 2. The number of rotatable bonds is 1. The Morgan fingerprint density at radius 1 is 1.33 bits per heavy atom. The van der Waals surface area contributed by atoms with Crippen LogP contribution in [0.3, 0.4) is 0 Å². The van der Waals surface area contributed by atoms with Gasteiger partial charge in [-0.2, -0.15) is 0 Å². The Hall–Kier alpha value is -0.930. The van der Waals surface area contributed by atoms with Crippen LogP contribution in [0, 0.1) is 5.41 Å². The van der Waals surface area contributed by atoms with E-state index < -0.39 is 23.5 Å². The van der Waals surface area contributed by atoms with Gasteiger partial charge in [-0.1, -0.05) is 21.6 Å². The fourth-order valence-corrected chi connectivity index (χ4v) is 3.77. The van der Waals surface area contributed by atoms with Crippen LogP contribution in [0.4, 0.5) is 0 Å². The third-order valence-corrected chi connectivity index (χ3v) is 5.46. The topological polar surface area (TPSA) is 111 Å². The van der Waals surface area contributed by atoms with E-state index in [-0.39, 0.29) is 18.4 Å². The number of amides is 2. The first-order valence-corrected chi connectivity index (χ1v) is 8.93. The first kappa shape index (κ1) is 18.1. The normalized spacial score (nSPS) is 27.6. The summed E-state index contributed by atoms with van der Waals surface area (Å²) in [4.78, 5) is 35.7. The van der Waals surface area contributed by atoms with Crippen molar-refractivity contribution in [2.24, 2.45) is 11.1 Å².